The van der Waals surface area contributed by atoms with E-state index in [9.17, 15) is 18.0 Å². The fourth-order valence-corrected chi connectivity index (χ4v) is 2.95. The van der Waals surface area contributed by atoms with Gasteiger partial charge in [-0.25, -0.2) is 5.43 Å². The van der Waals surface area contributed by atoms with Crippen molar-refractivity contribution in [2.24, 2.45) is 5.10 Å². The van der Waals surface area contributed by atoms with Crippen LogP contribution in [-0.4, -0.2) is 16.7 Å². The molecular weight excluding hydrogens is 482 g/mol. The Morgan fingerprint density at radius 2 is 1.86 bits per heavy atom. The molecular formula is C20H15F3IN3O. The third-order valence-corrected chi connectivity index (χ3v) is 4.61. The maximum atomic E-state index is 12.7. The van der Waals surface area contributed by atoms with E-state index < -0.39 is 17.6 Å². The van der Waals surface area contributed by atoms with Gasteiger partial charge in [-0.1, -0.05) is 18.2 Å². The number of halogens is 4. The molecule has 0 aliphatic heterocycles. The summed E-state index contributed by atoms with van der Waals surface area (Å²) < 4.78 is 41.2. The fraction of sp³-hybridized carbons (Fsp3) is 0.100. The molecule has 0 atom stereocenters. The molecule has 0 unspecified atom stereocenters. The summed E-state index contributed by atoms with van der Waals surface area (Å²) in [5.41, 5.74) is 3.53. The number of carbonyl (C=O) groups excluding carboxylic acids is 1. The van der Waals surface area contributed by atoms with Gasteiger partial charge in [-0.3, -0.25) is 4.79 Å². The quantitative estimate of drug-likeness (QED) is 0.308. The third-order valence-electron chi connectivity index (χ3n) is 3.89. The van der Waals surface area contributed by atoms with E-state index in [4.69, 9.17) is 0 Å². The van der Waals surface area contributed by atoms with Crippen LogP contribution in [0.1, 0.15) is 16.8 Å². The number of hydrazone groups is 1. The Morgan fingerprint density at radius 3 is 2.57 bits per heavy atom. The predicted molar refractivity (Wildman–Crippen MR) is 109 cm³/mol. The summed E-state index contributed by atoms with van der Waals surface area (Å²) in [7, 11) is 0. The van der Waals surface area contributed by atoms with Crippen molar-refractivity contribution in [1.82, 2.24) is 9.99 Å². The van der Waals surface area contributed by atoms with Gasteiger partial charge in [0.1, 0.15) is 0 Å². The molecule has 0 saturated heterocycles. The summed E-state index contributed by atoms with van der Waals surface area (Å²) in [5.74, 6) is -0.497. The number of nitrogens with zero attached hydrogens (tertiary/aromatic N) is 2. The molecule has 8 heteroatoms. The maximum Gasteiger partial charge on any atom is 0.416 e. The van der Waals surface area contributed by atoms with Gasteiger partial charge in [-0.05, 0) is 70.6 Å². The zero-order valence-corrected chi connectivity index (χ0v) is 16.6. The Hall–Kier alpha value is -2.62. The van der Waals surface area contributed by atoms with E-state index in [2.05, 4.69) is 33.1 Å². The number of nitrogens with one attached hydrogen (secondary N) is 1. The lowest BCUT2D eigenvalue weighted by atomic mass is 10.1. The van der Waals surface area contributed by atoms with Gasteiger partial charge in [0.2, 0.25) is 5.91 Å². The molecule has 1 heterocycles. The number of amides is 1. The molecule has 3 rings (SSSR count). The van der Waals surface area contributed by atoms with Crippen LogP contribution in [0, 0.1) is 3.57 Å². The number of alkyl halides is 3. The number of aromatic nitrogens is 1. The van der Waals surface area contributed by atoms with Gasteiger partial charge < -0.3 is 4.57 Å². The number of benzene rings is 2. The topological polar surface area (TPSA) is 46.4 Å². The van der Waals surface area contributed by atoms with Crippen molar-refractivity contribution in [3.8, 4) is 5.69 Å². The van der Waals surface area contributed by atoms with Crippen molar-refractivity contribution in [2.45, 2.75) is 12.6 Å². The van der Waals surface area contributed by atoms with E-state index in [1.54, 1.807) is 0 Å². The lowest BCUT2D eigenvalue weighted by molar-refractivity contribution is -0.137. The van der Waals surface area contributed by atoms with Crippen molar-refractivity contribution in [2.75, 3.05) is 0 Å². The molecule has 1 aromatic heterocycles. The minimum atomic E-state index is -4.44. The first-order valence-corrected chi connectivity index (χ1v) is 9.32. The average Bonchev–Trinajstić information content (AvgIpc) is 3.10. The summed E-state index contributed by atoms with van der Waals surface area (Å²) >= 11 is 2.22. The first-order chi connectivity index (χ1) is 13.3. The Balaban J connectivity index is 1.64. The second kappa shape index (κ2) is 8.59. The van der Waals surface area contributed by atoms with E-state index in [-0.39, 0.29) is 12.0 Å². The normalized spacial score (nSPS) is 11.7. The van der Waals surface area contributed by atoms with Crippen LogP contribution in [-0.2, 0) is 17.4 Å². The second-order valence-electron chi connectivity index (χ2n) is 5.95. The molecule has 4 nitrogen and oxygen atoms in total. The molecule has 0 bridgehead atoms. The molecule has 3 aromatic rings. The van der Waals surface area contributed by atoms with Crippen molar-refractivity contribution in [1.29, 1.82) is 0 Å². The second-order valence-corrected chi connectivity index (χ2v) is 7.19. The van der Waals surface area contributed by atoms with Crippen LogP contribution >= 0.6 is 22.6 Å². The highest BCUT2D eigenvalue weighted by Crippen LogP contribution is 2.29. The first-order valence-electron chi connectivity index (χ1n) is 8.24. The van der Waals surface area contributed by atoms with Crippen LogP contribution in [0.5, 0.6) is 0 Å². The van der Waals surface area contributed by atoms with E-state index in [1.807, 2.05) is 47.2 Å². The standard InChI is InChI=1S/C20H15F3IN3O/c21-20(22,23)15-4-1-3-14(11-15)12-19(28)26-25-13-18-5-2-10-27(18)17-8-6-16(24)7-9-17/h1-11,13H,12H2,(H,26,28)/b25-13-. The van der Waals surface area contributed by atoms with Gasteiger partial charge >= 0.3 is 6.18 Å². The molecule has 144 valence electrons. The molecule has 1 amide bonds. The lowest BCUT2D eigenvalue weighted by Gasteiger charge is -2.08. The van der Waals surface area contributed by atoms with Gasteiger partial charge in [0.05, 0.1) is 23.9 Å². The average molecular weight is 497 g/mol. The van der Waals surface area contributed by atoms with Gasteiger partial charge in [0.25, 0.3) is 0 Å². The van der Waals surface area contributed by atoms with E-state index in [1.165, 1.54) is 18.3 Å². The SMILES string of the molecule is O=C(Cc1cccc(C(F)(F)F)c1)N/N=C\c1cccn1-c1ccc(I)cc1. The summed E-state index contributed by atoms with van der Waals surface area (Å²) in [6.45, 7) is 0. The molecule has 1 N–H and O–H groups in total. The minimum Gasteiger partial charge on any atom is -0.316 e. The third kappa shape index (κ3) is 5.22. The zero-order chi connectivity index (χ0) is 20.1. The highest BCUT2D eigenvalue weighted by molar-refractivity contribution is 14.1. The van der Waals surface area contributed by atoms with Crippen molar-refractivity contribution in [3.05, 3.63) is 87.3 Å². The van der Waals surface area contributed by atoms with Gasteiger partial charge in [0, 0.05) is 15.5 Å². The fourth-order valence-electron chi connectivity index (χ4n) is 2.59. The predicted octanol–water partition coefficient (Wildman–Crippen LogP) is 4.79. The van der Waals surface area contributed by atoms with Crippen LogP contribution in [0.15, 0.2) is 72.0 Å². The van der Waals surface area contributed by atoms with E-state index in [0.717, 1.165) is 27.1 Å². The van der Waals surface area contributed by atoms with Crippen LogP contribution in [0.25, 0.3) is 5.69 Å². The number of hydrogen-bond acceptors (Lipinski definition) is 2. The minimum absolute atomic E-state index is 0.195. The van der Waals surface area contributed by atoms with Gasteiger partial charge in [-0.15, -0.1) is 0 Å². The highest BCUT2D eigenvalue weighted by atomic mass is 127. The van der Waals surface area contributed by atoms with Crippen LogP contribution in [0.3, 0.4) is 0 Å². The largest absolute Gasteiger partial charge is 0.416 e. The molecule has 0 radical (unpaired) electrons. The monoisotopic (exact) mass is 497 g/mol. The molecule has 0 spiro atoms. The van der Waals surface area contributed by atoms with Crippen molar-refractivity contribution < 1.29 is 18.0 Å². The van der Waals surface area contributed by atoms with E-state index in [0.29, 0.717) is 0 Å². The molecule has 0 saturated carbocycles. The summed E-state index contributed by atoms with van der Waals surface area (Å²) in [4.78, 5) is 12.0. The van der Waals surface area contributed by atoms with Crippen LogP contribution < -0.4 is 5.43 Å². The van der Waals surface area contributed by atoms with Crippen LogP contribution in [0.2, 0.25) is 0 Å². The summed E-state index contributed by atoms with van der Waals surface area (Å²) in [5, 5.41) is 3.92. The number of hydrogen-bond donors (Lipinski definition) is 1. The van der Waals surface area contributed by atoms with Gasteiger partial charge in [0.15, 0.2) is 0 Å². The molecule has 0 aliphatic carbocycles. The number of carbonyl (C=O) groups is 1. The number of rotatable bonds is 5. The van der Waals surface area contributed by atoms with E-state index >= 15 is 0 Å². The Morgan fingerprint density at radius 1 is 1.11 bits per heavy atom. The summed E-state index contributed by atoms with van der Waals surface area (Å²) in [6, 6.07) is 16.3. The maximum absolute atomic E-state index is 12.7. The zero-order valence-electron chi connectivity index (χ0n) is 14.4. The highest BCUT2D eigenvalue weighted by Gasteiger charge is 2.30. The molecule has 0 fully saturated rings. The van der Waals surface area contributed by atoms with Crippen LogP contribution in [0.4, 0.5) is 13.2 Å². The lowest BCUT2D eigenvalue weighted by Crippen LogP contribution is -2.20. The Labute approximate surface area is 173 Å². The Kier molecular flexibility index (Phi) is 6.18. The smallest absolute Gasteiger partial charge is 0.316 e. The van der Waals surface area contributed by atoms with Gasteiger partial charge in [-0.2, -0.15) is 18.3 Å². The molecule has 0 aliphatic rings. The molecule has 28 heavy (non-hydrogen) atoms. The van der Waals surface area contributed by atoms with Crippen molar-refractivity contribution >= 4 is 34.7 Å². The molecule has 2 aromatic carbocycles. The summed E-state index contributed by atoms with van der Waals surface area (Å²) in [6.07, 6.45) is -1.28. The first kappa shape index (κ1) is 20.1. The van der Waals surface area contributed by atoms with Crippen molar-refractivity contribution in [3.63, 3.8) is 0 Å². The Bertz CT molecular complexity index is 994.